The predicted octanol–water partition coefficient (Wildman–Crippen LogP) is 8.33. The van der Waals surface area contributed by atoms with Gasteiger partial charge in [-0.2, -0.15) is 0 Å². The van der Waals surface area contributed by atoms with Crippen molar-refractivity contribution in [3.63, 3.8) is 0 Å². The quantitative estimate of drug-likeness (QED) is 0.0983. The number of methoxy groups -OCH3 is 3. The molecule has 10 rings (SSSR count). The molecule has 0 bridgehead atoms. The van der Waals surface area contributed by atoms with Crippen molar-refractivity contribution >= 4 is 45.8 Å². The number of amides is 4. The summed E-state index contributed by atoms with van der Waals surface area (Å²) in [6.07, 6.45) is 2.86. The number of fused-ring (bicyclic) bond motifs is 7. The maximum Gasteiger partial charge on any atom is 0.407 e. The number of aromatic nitrogens is 4. The van der Waals surface area contributed by atoms with Gasteiger partial charge in [0.25, 0.3) is 5.91 Å². The second kappa shape index (κ2) is 16.9. The number of carbonyl (C=O) groups is 4. The van der Waals surface area contributed by atoms with Crippen LogP contribution in [0.3, 0.4) is 0 Å². The first kappa shape index (κ1) is 42.0. The molecule has 4 aromatic carbocycles. The number of imidazole rings is 2. The van der Waals surface area contributed by atoms with Crippen LogP contribution in [-0.4, -0.2) is 100 Å². The second-order valence-corrected chi connectivity index (χ2v) is 18.0. The molecule has 16 nitrogen and oxygen atoms in total. The van der Waals surface area contributed by atoms with Crippen LogP contribution in [0, 0.1) is 17.8 Å². The monoisotopic (exact) mass is 888 g/mol. The summed E-state index contributed by atoms with van der Waals surface area (Å²) in [5, 5.41) is 7.44. The average Bonchev–Trinajstić information content (AvgIpc) is 3.79. The number of piperidine rings is 1. The lowest BCUT2D eigenvalue weighted by Crippen LogP contribution is -2.51. The Balaban J connectivity index is 0.00000196. The van der Waals surface area contributed by atoms with Crippen LogP contribution in [0.1, 0.15) is 79.7 Å². The van der Waals surface area contributed by atoms with Gasteiger partial charge in [0, 0.05) is 42.3 Å². The Morgan fingerprint density at radius 2 is 1.66 bits per heavy atom. The standard InChI is InChI=1S/C49H52N8O8.4H2/c1-25(2)41(54-48(60)63-4)46(58)56-22-26(23-62-3)15-38(56)44-50-21-36(52-44)29-11-13-32-31(16-29)24-65-40-20-33-28(17-34(32)40)12-14-35-43(33)53-45(51-35)39-19-30-18-37(30)57(39)47(59)42(55-49(61)64-5)27-9-7-6-8-10-27;;;;/h6-14,16-17,20-21,25-26,30,37-39,41-42H,15,18-19,22-24H2,1-5H3,(H,50,52)(H,51,53)(H,54,60)(H,55,61);4*1H/t26-,30+,37+,38-,39-,41-,42+;;;;/m0..../s1. The van der Waals surface area contributed by atoms with Crippen LogP contribution >= 0.6 is 0 Å². The Morgan fingerprint density at radius 1 is 0.862 bits per heavy atom. The average molecular weight is 889 g/mol. The lowest BCUT2D eigenvalue weighted by molar-refractivity contribution is -0.136. The highest BCUT2D eigenvalue weighted by Crippen LogP contribution is 2.54. The largest absolute Gasteiger partial charge is 0.488 e. The zero-order chi connectivity index (χ0) is 45.1. The minimum atomic E-state index is -0.897. The summed E-state index contributed by atoms with van der Waals surface area (Å²) in [5.41, 5.74) is 7.18. The molecule has 4 aliphatic rings. The summed E-state index contributed by atoms with van der Waals surface area (Å²) < 4.78 is 21.7. The molecule has 0 radical (unpaired) electrons. The smallest absolute Gasteiger partial charge is 0.407 e. The number of rotatable bonds is 11. The van der Waals surface area contributed by atoms with Crippen LogP contribution in [0.5, 0.6) is 5.75 Å². The Kier molecular flexibility index (Phi) is 10.9. The number of ether oxygens (including phenoxy) is 4. The van der Waals surface area contributed by atoms with E-state index >= 15 is 0 Å². The third-order valence-corrected chi connectivity index (χ3v) is 13.6. The van der Waals surface area contributed by atoms with Crippen LogP contribution in [0.4, 0.5) is 9.59 Å². The van der Waals surface area contributed by atoms with Crippen LogP contribution in [0.15, 0.2) is 79.0 Å². The van der Waals surface area contributed by atoms with E-state index in [1.165, 1.54) is 14.2 Å². The summed E-state index contributed by atoms with van der Waals surface area (Å²) in [6, 6.07) is 21.7. The summed E-state index contributed by atoms with van der Waals surface area (Å²) in [4.78, 5) is 73.7. The summed E-state index contributed by atoms with van der Waals surface area (Å²) in [6.45, 7) is 5.12. The molecule has 4 amide bonds. The summed E-state index contributed by atoms with van der Waals surface area (Å²) in [7, 11) is 4.23. The van der Waals surface area contributed by atoms with E-state index in [0.717, 1.165) is 68.3 Å². The van der Waals surface area contributed by atoms with E-state index in [-0.39, 0.29) is 47.5 Å². The number of hydrogen-bond donors (Lipinski definition) is 4. The van der Waals surface area contributed by atoms with Gasteiger partial charge in [-0.15, -0.1) is 0 Å². The number of H-pyrrole nitrogens is 2. The van der Waals surface area contributed by atoms with E-state index in [2.05, 4.69) is 57.0 Å². The fourth-order valence-electron chi connectivity index (χ4n) is 10.2. The zero-order valence-corrected chi connectivity index (χ0v) is 36.9. The van der Waals surface area contributed by atoms with Crippen molar-refractivity contribution in [1.82, 2.24) is 40.4 Å². The molecule has 1 aliphatic carbocycles. The highest BCUT2D eigenvalue weighted by atomic mass is 16.5. The highest BCUT2D eigenvalue weighted by Gasteiger charge is 2.56. The topological polar surface area (TPSA) is 193 Å². The van der Waals surface area contributed by atoms with E-state index in [4.69, 9.17) is 28.9 Å². The van der Waals surface area contributed by atoms with E-state index < -0.39 is 24.3 Å². The fourth-order valence-corrected chi connectivity index (χ4v) is 10.2. The zero-order valence-electron chi connectivity index (χ0n) is 36.9. The normalized spacial score (nSPS) is 21.6. The molecule has 16 heteroatoms. The van der Waals surface area contributed by atoms with Gasteiger partial charge in [-0.1, -0.05) is 62.4 Å². The molecule has 3 fully saturated rings. The molecule has 0 unspecified atom stereocenters. The van der Waals surface area contributed by atoms with E-state index in [9.17, 15) is 19.2 Å². The molecule has 1 saturated carbocycles. The van der Waals surface area contributed by atoms with E-state index in [1.807, 2.05) is 55.1 Å². The maximum absolute atomic E-state index is 14.4. The van der Waals surface area contributed by atoms with Gasteiger partial charge in [0.2, 0.25) is 5.91 Å². The molecule has 2 saturated heterocycles. The lowest BCUT2D eigenvalue weighted by Gasteiger charge is -2.30. The Hall–Kier alpha value is -6.94. The number of likely N-dealkylation sites (tertiary alicyclic amines) is 2. The first-order valence-corrected chi connectivity index (χ1v) is 22.2. The molecule has 4 N–H and O–H groups in total. The third kappa shape index (κ3) is 7.68. The molecule has 2 aromatic heterocycles. The molecule has 65 heavy (non-hydrogen) atoms. The fraction of sp³-hybridized carbons (Fsp3) is 0.388. The van der Waals surface area contributed by atoms with Gasteiger partial charge in [0.05, 0.1) is 55.8 Å². The Morgan fingerprint density at radius 3 is 2.43 bits per heavy atom. The SMILES string of the molecule is COC[C@H]1C[C@@H](c2ncc(-c3ccc4c(c3)COc3cc5c(ccc6[nH]c([C@@H]7C[C@H]8C[C@H]8N7C(=O)[C@H](NC(=O)OC)c7ccccc7)nc65)cc3-4)[nH]2)N(C(=O)[C@@H](NC(=O)OC)C(C)C)C1.[HH].[HH].[HH].[HH]. The number of benzene rings is 4. The van der Waals surface area contributed by atoms with Gasteiger partial charge < -0.3 is 49.3 Å². The number of alkyl carbamates (subject to hydrolysis) is 2. The Labute approximate surface area is 381 Å². The van der Waals surface area contributed by atoms with Crippen LogP contribution in [0.2, 0.25) is 0 Å². The lowest BCUT2D eigenvalue weighted by atomic mass is 9.92. The highest BCUT2D eigenvalue weighted by molar-refractivity contribution is 6.07. The minimum absolute atomic E-state index is 0. The number of nitrogens with one attached hydrogen (secondary N) is 4. The van der Waals surface area contributed by atoms with Gasteiger partial charge in [-0.05, 0) is 83.0 Å². The molecule has 6 aromatic rings. The van der Waals surface area contributed by atoms with E-state index in [0.29, 0.717) is 49.3 Å². The molecule has 0 spiro atoms. The van der Waals surface area contributed by atoms with Crippen molar-refractivity contribution in [2.45, 2.75) is 69.9 Å². The number of carbonyl (C=O) groups excluding carboxylic acids is 4. The van der Waals surface area contributed by atoms with Crippen molar-refractivity contribution in [3.05, 3.63) is 102 Å². The van der Waals surface area contributed by atoms with Crippen LogP contribution in [-0.2, 0) is 30.4 Å². The van der Waals surface area contributed by atoms with Gasteiger partial charge >= 0.3 is 12.2 Å². The van der Waals surface area contributed by atoms with Gasteiger partial charge in [0.15, 0.2) is 0 Å². The molecular weight excluding hydrogens is 829 g/mol. The van der Waals surface area contributed by atoms with Crippen molar-refractivity contribution in [2.75, 3.05) is 34.5 Å². The molecular formula is C49H60N8O8. The molecule has 344 valence electrons. The minimum Gasteiger partial charge on any atom is -0.488 e. The van der Waals surface area contributed by atoms with Gasteiger partial charge in [-0.3, -0.25) is 9.59 Å². The number of aromatic amines is 2. The number of nitrogens with zero attached hydrogens (tertiary/aromatic N) is 4. The molecule has 3 aliphatic heterocycles. The van der Waals surface area contributed by atoms with E-state index in [1.54, 1.807) is 18.2 Å². The van der Waals surface area contributed by atoms with Crippen molar-refractivity contribution in [1.29, 1.82) is 0 Å². The van der Waals surface area contributed by atoms with Gasteiger partial charge in [0.1, 0.15) is 36.1 Å². The number of hydrogen-bond acceptors (Lipinski definition) is 10. The molecule has 7 atom stereocenters. The Bertz CT molecular complexity index is 2840. The maximum atomic E-state index is 14.4. The van der Waals surface area contributed by atoms with Crippen molar-refractivity contribution < 1.29 is 43.8 Å². The van der Waals surface area contributed by atoms with Crippen molar-refractivity contribution in [3.8, 4) is 28.1 Å². The third-order valence-electron chi connectivity index (χ3n) is 13.6. The van der Waals surface area contributed by atoms with Crippen molar-refractivity contribution in [2.24, 2.45) is 17.8 Å². The second-order valence-electron chi connectivity index (χ2n) is 18.0. The first-order chi connectivity index (χ1) is 31.5. The van der Waals surface area contributed by atoms with Crippen LogP contribution < -0.4 is 15.4 Å². The van der Waals surface area contributed by atoms with Crippen LogP contribution in [0.25, 0.3) is 44.2 Å². The predicted molar refractivity (Wildman–Crippen MR) is 249 cm³/mol. The summed E-state index contributed by atoms with van der Waals surface area (Å²) >= 11 is 0. The first-order valence-electron chi connectivity index (χ1n) is 22.2. The molecule has 5 heterocycles. The van der Waals surface area contributed by atoms with Gasteiger partial charge in [-0.25, -0.2) is 19.6 Å². The summed E-state index contributed by atoms with van der Waals surface area (Å²) in [5.74, 6) is 2.09.